The second-order valence-electron chi connectivity index (χ2n) is 6.00. The maximum Gasteiger partial charge on any atom is 0.119 e. The second kappa shape index (κ2) is 9.33. The van der Waals surface area contributed by atoms with Crippen molar-refractivity contribution in [1.29, 1.82) is 0 Å². The zero-order valence-corrected chi connectivity index (χ0v) is 14.7. The molecule has 1 atom stereocenters. The van der Waals surface area contributed by atoms with Crippen LogP contribution < -0.4 is 4.74 Å². The summed E-state index contributed by atoms with van der Waals surface area (Å²) in [4.78, 5) is 0. The summed E-state index contributed by atoms with van der Waals surface area (Å²) in [6.07, 6.45) is 7.66. The molecule has 0 saturated carbocycles. The first-order valence-corrected chi connectivity index (χ1v) is 8.88. The lowest BCUT2D eigenvalue weighted by Gasteiger charge is -2.14. The summed E-state index contributed by atoms with van der Waals surface area (Å²) >= 11 is 0. The third-order valence-electron chi connectivity index (χ3n) is 4.23. The van der Waals surface area contributed by atoms with E-state index in [1.54, 1.807) is 0 Å². The van der Waals surface area contributed by atoms with Crippen molar-refractivity contribution in [2.75, 3.05) is 6.61 Å². The van der Waals surface area contributed by atoms with Crippen LogP contribution in [0.1, 0.15) is 63.6 Å². The molecule has 2 rings (SSSR count). The Balaban J connectivity index is 1.92. The highest BCUT2D eigenvalue weighted by molar-refractivity contribution is 5.30. The van der Waals surface area contributed by atoms with E-state index in [2.05, 4.69) is 55.3 Å². The Kier molecular flexibility index (Phi) is 7.11. The van der Waals surface area contributed by atoms with Gasteiger partial charge in [-0.1, -0.05) is 44.0 Å². The Labute approximate surface area is 139 Å². The van der Waals surface area contributed by atoms with Gasteiger partial charge >= 0.3 is 0 Å². The highest BCUT2D eigenvalue weighted by Gasteiger charge is 2.13. The zero-order chi connectivity index (χ0) is 16.5. The molecule has 23 heavy (non-hydrogen) atoms. The molecule has 0 saturated heterocycles. The summed E-state index contributed by atoms with van der Waals surface area (Å²) in [6.45, 7) is 8.19. The maximum absolute atomic E-state index is 5.79. The first kappa shape index (κ1) is 17.5. The van der Waals surface area contributed by atoms with Gasteiger partial charge in [-0.25, -0.2) is 0 Å². The van der Waals surface area contributed by atoms with E-state index in [-0.39, 0.29) is 0 Å². The van der Waals surface area contributed by atoms with E-state index in [1.807, 2.05) is 10.9 Å². The number of hydrogen-bond donors (Lipinski definition) is 0. The van der Waals surface area contributed by atoms with Crippen molar-refractivity contribution in [3.8, 4) is 5.75 Å². The van der Waals surface area contributed by atoms with E-state index in [0.717, 1.165) is 43.9 Å². The standard InChI is InChI=1S/C19H29N3O/c1-4-7-8-13-23-19-11-9-17(10-12-19)16(5-2)14-18-15-22(6-3)21-20-18/h9-12,15-16H,4-8,13-14H2,1-3H3. The summed E-state index contributed by atoms with van der Waals surface area (Å²) in [5.41, 5.74) is 2.41. The van der Waals surface area contributed by atoms with Crippen molar-refractivity contribution < 1.29 is 4.74 Å². The van der Waals surface area contributed by atoms with Crippen LogP contribution in [0.5, 0.6) is 5.75 Å². The highest BCUT2D eigenvalue weighted by Crippen LogP contribution is 2.25. The van der Waals surface area contributed by atoms with E-state index in [1.165, 1.54) is 18.4 Å². The minimum absolute atomic E-state index is 0.478. The van der Waals surface area contributed by atoms with E-state index in [0.29, 0.717) is 5.92 Å². The lowest BCUT2D eigenvalue weighted by atomic mass is 9.92. The molecule has 0 spiro atoms. The molecule has 0 N–H and O–H groups in total. The number of rotatable bonds is 10. The van der Waals surface area contributed by atoms with Gasteiger partial charge in [0.2, 0.25) is 0 Å². The van der Waals surface area contributed by atoms with Gasteiger partial charge < -0.3 is 4.74 Å². The Morgan fingerprint density at radius 1 is 1.09 bits per heavy atom. The molecule has 4 nitrogen and oxygen atoms in total. The minimum atomic E-state index is 0.478. The number of hydrogen-bond acceptors (Lipinski definition) is 3. The Bertz CT molecular complexity index is 562. The number of unbranched alkanes of at least 4 members (excludes halogenated alkanes) is 2. The summed E-state index contributed by atoms with van der Waals surface area (Å²) in [6, 6.07) is 8.56. The largest absolute Gasteiger partial charge is 0.494 e. The monoisotopic (exact) mass is 315 g/mol. The van der Waals surface area contributed by atoms with Crippen molar-refractivity contribution in [1.82, 2.24) is 15.0 Å². The fourth-order valence-corrected chi connectivity index (χ4v) is 2.72. The van der Waals surface area contributed by atoms with Crippen LogP contribution in [0.15, 0.2) is 30.5 Å². The molecule has 0 bridgehead atoms. The molecule has 0 radical (unpaired) electrons. The molecular weight excluding hydrogens is 286 g/mol. The molecule has 0 aliphatic rings. The molecule has 1 heterocycles. The maximum atomic E-state index is 5.79. The van der Waals surface area contributed by atoms with Crippen LogP contribution in [0, 0.1) is 0 Å². The number of ether oxygens (including phenoxy) is 1. The second-order valence-corrected chi connectivity index (χ2v) is 6.00. The molecule has 0 aliphatic carbocycles. The molecule has 4 heteroatoms. The summed E-state index contributed by atoms with van der Waals surface area (Å²) in [5.74, 6) is 1.45. The lowest BCUT2D eigenvalue weighted by molar-refractivity contribution is 0.306. The Morgan fingerprint density at radius 2 is 1.87 bits per heavy atom. The van der Waals surface area contributed by atoms with Gasteiger partial charge in [0.1, 0.15) is 5.75 Å². The number of nitrogens with zero attached hydrogens (tertiary/aromatic N) is 3. The summed E-state index contributed by atoms with van der Waals surface area (Å²) in [7, 11) is 0. The molecule has 2 aromatic rings. The summed E-state index contributed by atoms with van der Waals surface area (Å²) < 4.78 is 7.67. The van der Waals surface area contributed by atoms with Crippen LogP contribution >= 0.6 is 0 Å². The normalized spacial score (nSPS) is 12.3. The molecule has 1 aromatic heterocycles. The van der Waals surface area contributed by atoms with Gasteiger partial charge in [0.15, 0.2) is 0 Å². The van der Waals surface area contributed by atoms with E-state index in [4.69, 9.17) is 4.74 Å². The minimum Gasteiger partial charge on any atom is -0.494 e. The third-order valence-corrected chi connectivity index (χ3v) is 4.23. The van der Waals surface area contributed by atoms with Gasteiger partial charge in [-0.2, -0.15) is 0 Å². The molecule has 0 aliphatic heterocycles. The van der Waals surface area contributed by atoms with E-state index in [9.17, 15) is 0 Å². The molecule has 126 valence electrons. The van der Waals surface area contributed by atoms with Crippen LogP contribution in [0.4, 0.5) is 0 Å². The van der Waals surface area contributed by atoms with Gasteiger partial charge in [0, 0.05) is 12.7 Å². The molecular formula is C19H29N3O. The average molecular weight is 315 g/mol. The van der Waals surface area contributed by atoms with E-state index >= 15 is 0 Å². The van der Waals surface area contributed by atoms with Crippen LogP contribution in [-0.4, -0.2) is 21.6 Å². The van der Waals surface area contributed by atoms with Gasteiger partial charge in [-0.05, 0) is 49.8 Å². The quantitative estimate of drug-likeness (QED) is 0.601. The molecule has 0 amide bonds. The SMILES string of the molecule is CCCCCOc1ccc(C(CC)Cc2cn(CC)nn2)cc1. The van der Waals surface area contributed by atoms with Crippen molar-refractivity contribution >= 4 is 0 Å². The zero-order valence-electron chi connectivity index (χ0n) is 14.7. The van der Waals surface area contributed by atoms with Gasteiger partial charge in [-0.15, -0.1) is 5.10 Å². The summed E-state index contributed by atoms with van der Waals surface area (Å²) in [5, 5.41) is 8.39. The average Bonchev–Trinajstić information content (AvgIpc) is 3.05. The van der Waals surface area contributed by atoms with Gasteiger partial charge in [0.25, 0.3) is 0 Å². The number of aryl methyl sites for hydroxylation is 1. The van der Waals surface area contributed by atoms with Crippen LogP contribution in [0.25, 0.3) is 0 Å². The lowest BCUT2D eigenvalue weighted by Crippen LogP contribution is -2.03. The van der Waals surface area contributed by atoms with Crippen LogP contribution in [0.3, 0.4) is 0 Å². The predicted molar refractivity (Wildman–Crippen MR) is 93.9 cm³/mol. The molecule has 1 aromatic carbocycles. The van der Waals surface area contributed by atoms with Crippen molar-refractivity contribution in [3.05, 3.63) is 41.7 Å². The third kappa shape index (κ3) is 5.38. The number of benzene rings is 1. The van der Waals surface area contributed by atoms with Crippen molar-refractivity contribution in [2.24, 2.45) is 0 Å². The van der Waals surface area contributed by atoms with Crippen molar-refractivity contribution in [3.63, 3.8) is 0 Å². The first-order valence-electron chi connectivity index (χ1n) is 8.88. The van der Waals surface area contributed by atoms with Crippen molar-refractivity contribution in [2.45, 2.75) is 65.3 Å². The number of aromatic nitrogens is 3. The van der Waals surface area contributed by atoms with Gasteiger partial charge in [0.05, 0.1) is 12.3 Å². The van der Waals surface area contributed by atoms with Crippen LogP contribution in [-0.2, 0) is 13.0 Å². The van der Waals surface area contributed by atoms with Crippen LogP contribution in [0.2, 0.25) is 0 Å². The smallest absolute Gasteiger partial charge is 0.119 e. The first-order chi connectivity index (χ1) is 11.3. The predicted octanol–water partition coefficient (Wildman–Crippen LogP) is 4.60. The highest BCUT2D eigenvalue weighted by atomic mass is 16.5. The molecule has 1 unspecified atom stereocenters. The fourth-order valence-electron chi connectivity index (χ4n) is 2.72. The van der Waals surface area contributed by atoms with E-state index < -0.39 is 0 Å². The topological polar surface area (TPSA) is 39.9 Å². The Morgan fingerprint density at radius 3 is 2.48 bits per heavy atom. The molecule has 0 fully saturated rings. The fraction of sp³-hybridized carbons (Fsp3) is 0.579. The van der Waals surface area contributed by atoms with Gasteiger partial charge in [-0.3, -0.25) is 4.68 Å². The Hall–Kier alpha value is -1.84.